The molecule has 2 heterocycles. The Balaban J connectivity index is 1.92. The lowest BCUT2D eigenvalue weighted by Gasteiger charge is -2.35. The first kappa shape index (κ1) is 13.8. The second-order valence-electron chi connectivity index (χ2n) is 5.59. The van der Waals surface area contributed by atoms with Crippen LogP contribution in [0.4, 0.5) is 5.82 Å². The first-order valence-corrected chi connectivity index (χ1v) is 8.57. The van der Waals surface area contributed by atoms with Crippen LogP contribution in [0.25, 0.3) is 10.1 Å². The predicted octanol–water partition coefficient (Wildman–Crippen LogP) is 3.78. The molecule has 108 valence electrons. The molecule has 1 fully saturated rings. The van der Waals surface area contributed by atoms with E-state index >= 15 is 0 Å². The molecule has 0 radical (unpaired) electrons. The summed E-state index contributed by atoms with van der Waals surface area (Å²) in [6.07, 6.45) is 9.68. The van der Waals surface area contributed by atoms with Crippen LogP contribution in [0.5, 0.6) is 0 Å². The number of nitrogens with zero attached hydrogens (tertiary/aromatic N) is 2. The van der Waals surface area contributed by atoms with Crippen LogP contribution in [0.15, 0.2) is 23.7 Å². The highest BCUT2D eigenvalue weighted by molar-refractivity contribution is 7.17. The third-order valence-corrected chi connectivity index (χ3v) is 5.13. The molecule has 0 atom stereocenters. The predicted molar refractivity (Wildman–Crippen MR) is 87.5 cm³/mol. The van der Waals surface area contributed by atoms with Crippen molar-refractivity contribution in [1.82, 2.24) is 4.98 Å². The number of rotatable bonds is 5. The maximum atomic E-state index is 5.73. The van der Waals surface area contributed by atoms with Gasteiger partial charge in [-0.1, -0.05) is 19.3 Å². The summed E-state index contributed by atoms with van der Waals surface area (Å²) in [7, 11) is 0. The molecule has 1 saturated carbocycles. The smallest absolute Gasteiger partial charge is 0.137 e. The summed E-state index contributed by atoms with van der Waals surface area (Å²) in [4.78, 5) is 7.23. The SMILES string of the molecule is NCCCN(c1nccc2sccc12)C1CCCCC1. The molecule has 0 aromatic carbocycles. The highest BCUT2D eigenvalue weighted by atomic mass is 32.1. The third-order valence-electron chi connectivity index (χ3n) is 4.25. The highest BCUT2D eigenvalue weighted by Crippen LogP contribution is 2.33. The molecule has 0 saturated heterocycles. The van der Waals surface area contributed by atoms with Crippen LogP contribution < -0.4 is 10.6 Å². The molecule has 1 aliphatic rings. The zero-order valence-corrected chi connectivity index (χ0v) is 12.7. The summed E-state index contributed by atoms with van der Waals surface area (Å²) in [5.41, 5.74) is 5.73. The lowest BCUT2D eigenvalue weighted by atomic mass is 9.94. The Labute approximate surface area is 124 Å². The molecule has 0 aliphatic heterocycles. The molecule has 0 spiro atoms. The Morgan fingerprint density at radius 2 is 2.10 bits per heavy atom. The molecule has 2 aromatic rings. The minimum Gasteiger partial charge on any atom is -0.353 e. The van der Waals surface area contributed by atoms with Gasteiger partial charge in [-0.2, -0.15) is 0 Å². The topological polar surface area (TPSA) is 42.1 Å². The molecule has 4 heteroatoms. The van der Waals surface area contributed by atoms with Crippen LogP contribution >= 0.6 is 11.3 Å². The monoisotopic (exact) mass is 289 g/mol. The summed E-state index contributed by atoms with van der Waals surface area (Å²) in [6, 6.07) is 4.97. The van der Waals surface area contributed by atoms with E-state index < -0.39 is 0 Å². The van der Waals surface area contributed by atoms with E-state index in [1.165, 1.54) is 48.0 Å². The van der Waals surface area contributed by atoms with E-state index in [4.69, 9.17) is 10.7 Å². The zero-order chi connectivity index (χ0) is 13.8. The van der Waals surface area contributed by atoms with Gasteiger partial charge in [0.25, 0.3) is 0 Å². The van der Waals surface area contributed by atoms with Crippen molar-refractivity contribution in [3.8, 4) is 0 Å². The number of anilines is 1. The van der Waals surface area contributed by atoms with Crippen LogP contribution in [0.2, 0.25) is 0 Å². The lowest BCUT2D eigenvalue weighted by Crippen LogP contribution is -2.38. The van der Waals surface area contributed by atoms with E-state index in [1.54, 1.807) is 11.3 Å². The van der Waals surface area contributed by atoms with Crippen molar-refractivity contribution in [2.45, 2.75) is 44.6 Å². The van der Waals surface area contributed by atoms with E-state index in [-0.39, 0.29) is 0 Å². The molecule has 2 N–H and O–H groups in total. The number of hydrogen-bond acceptors (Lipinski definition) is 4. The summed E-state index contributed by atoms with van der Waals surface area (Å²) < 4.78 is 1.34. The van der Waals surface area contributed by atoms with Crippen LogP contribution in [0.3, 0.4) is 0 Å². The van der Waals surface area contributed by atoms with Gasteiger partial charge in [-0.25, -0.2) is 4.98 Å². The third kappa shape index (κ3) is 2.81. The van der Waals surface area contributed by atoms with E-state index in [2.05, 4.69) is 22.4 Å². The van der Waals surface area contributed by atoms with Gasteiger partial charge >= 0.3 is 0 Å². The second kappa shape index (κ2) is 6.55. The van der Waals surface area contributed by atoms with Crippen molar-refractivity contribution >= 4 is 27.2 Å². The summed E-state index contributed by atoms with van der Waals surface area (Å²) in [6.45, 7) is 1.78. The van der Waals surface area contributed by atoms with E-state index in [0.717, 1.165) is 19.5 Å². The number of nitrogens with two attached hydrogens (primary N) is 1. The van der Waals surface area contributed by atoms with Crippen molar-refractivity contribution < 1.29 is 0 Å². The Hall–Kier alpha value is -1.13. The van der Waals surface area contributed by atoms with Crippen molar-refractivity contribution in [3.05, 3.63) is 23.7 Å². The van der Waals surface area contributed by atoms with Gasteiger partial charge in [-0.15, -0.1) is 11.3 Å². The van der Waals surface area contributed by atoms with Crippen LogP contribution in [0, 0.1) is 0 Å². The van der Waals surface area contributed by atoms with Crippen molar-refractivity contribution in [3.63, 3.8) is 0 Å². The lowest BCUT2D eigenvalue weighted by molar-refractivity contribution is 0.412. The fourth-order valence-corrected chi connectivity index (χ4v) is 4.00. The van der Waals surface area contributed by atoms with Gasteiger partial charge in [-0.05, 0) is 43.3 Å². The number of aromatic nitrogens is 1. The van der Waals surface area contributed by atoms with Gasteiger partial charge in [-0.3, -0.25) is 0 Å². The van der Waals surface area contributed by atoms with Gasteiger partial charge in [0.2, 0.25) is 0 Å². The van der Waals surface area contributed by atoms with Crippen LogP contribution in [-0.2, 0) is 0 Å². The number of pyridine rings is 1. The Morgan fingerprint density at radius 1 is 1.25 bits per heavy atom. The number of thiophene rings is 1. The van der Waals surface area contributed by atoms with E-state index in [0.29, 0.717) is 6.04 Å². The average Bonchev–Trinajstić information content (AvgIpc) is 2.98. The van der Waals surface area contributed by atoms with Crippen molar-refractivity contribution in [1.29, 1.82) is 0 Å². The molecule has 2 aromatic heterocycles. The molecule has 0 bridgehead atoms. The zero-order valence-electron chi connectivity index (χ0n) is 11.9. The fraction of sp³-hybridized carbons (Fsp3) is 0.562. The quantitative estimate of drug-likeness (QED) is 0.910. The Bertz CT molecular complexity index is 545. The average molecular weight is 289 g/mol. The second-order valence-corrected chi connectivity index (χ2v) is 6.54. The van der Waals surface area contributed by atoms with Gasteiger partial charge < -0.3 is 10.6 Å². The molecular formula is C16H23N3S. The Kier molecular flexibility index (Phi) is 4.53. The number of hydrogen-bond donors (Lipinski definition) is 1. The van der Waals surface area contributed by atoms with E-state index in [9.17, 15) is 0 Å². The highest BCUT2D eigenvalue weighted by Gasteiger charge is 2.23. The van der Waals surface area contributed by atoms with Crippen molar-refractivity contribution in [2.75, 3.05) is 18.0 Å². The number of fused-ring (bicyclic) bond motifs is 1. The van der Waals surface area contributed by atoms with Gasteiger partial charge in [0.1, 0.15) is 5.82 Å². The summed E-state index contributed by atoms with van der Waals surface area (Å²) in [5.74, 6) is 1.17. The van der Waals surface area contributed by atoms with Crippen LogP contribution in [0.1, 0.15) is 38.5 Å². The molecule has 3 rings (SSSR count). The molecule has 20 heavy (non-hydrogen) atoms. The standard InChI is InChI=1S/C16H23N3S/c17-9-4-11-19(13-5-2-1-3-6-13)16-14-8-12-20-15(14)7-10-18-16/h7-8,10,12-13H,1-6,9,11,17H2. The fourth-order valence-electron chi connectivity index (χ4n) is 3.22. The molecule has 0 amide bonds. The van der Waals surface area contributed by atoms with Gasteiger partial charge in [0.05, 0.1) is 0 Å². The normalized spacial score (nSPS) is 16.6. The maximum Gasteiger partial charge on any atom is 0.137 e. The van der Waals surface area contributed by atoms with Gasteiger partial charge in [0, 0.05) is 28.9 Å². The van der Waals surface area contributed by atoms with Crippen molar-refractivity contribution in [2.24, 2.45) is 5.73 Å². The first-order valence-electron chi connectivity index (χ1n) is 7.69. The van der Waals surface area contributed by atoms with Crippen LogP contribution in [-0.4, -0.2) is 24.1 Å². The first-order chi connectivity index (χ1) is 9.90. The molecular weight excluding hydrogens is 266 g/mol. The Morgan fingerprint density at radius 3 is 2.90 bits per heavy atom. The maximum absolute atomic E-state index is 5.73. The molecule has 1 aliphatic carbocycles. The minimum absolute atomic E-state index is 0.647. The van der Waals surface area contributed by atoms with E-state index in [1.807, 2.05) is 6.20 Å². The summed E-state index contributed by atoms with van der Waals surface area (Å²) in [5, 5.41) is 3.47. The van der Waals surface area contributed by atoms with Gasteiger partial charge in [0.15, 0.2) is 0 Å². The summed E-state index contributed by atoms with van der Waals surface area (Å²) >= 11 is 1.80. The molecule has 3 nitrogen and oxygen atoms in total. The largest absolute Gasteiger partial charge is 0.353 e. The minimum atomic E-state index is 0.647. The molecule has 0 unspecified atom stereocenters.